The fourth-order valence-corrected chi connectivity index (χ4v) is 6.10. The van der Waals surface area contributed by atoms with Crippen LogP contribution < -0.4 is 0 Å². The molecule has 164 valence electrons. The van der Waals surface area contributed by atoms with E-state index in [0.717, 1.165) is 15.6 Å². The Bertz CT molecular complexity index is 1250. The molecule has 1 heterocycles. The molecule has 0 aliphatic carbocycles. The minimum absolute atomic E-state index is 0.0511. The van der Waals surface area contributed by atoms with E-state index in [1.807, 2.05) is 31.2 Å². The van der Waals surface area contributed by atoms with Crippen LogP contribution in [-0.2, 0) is 14.8 Å². The number of rotatable bonds is 5. The molecule has 1 aliphatic rings. The fourth-order valence-electron chi connectivity index (χ4n) is 4.04. The predicted octanol–water partition coefficient (Wildman–Crippen LogP) is 5.65. The third kappa shape index (κ3) is 4.28. The van der Waals surface area contributed by atoms with E-state index >= 15 is 0 Å². The number of hydrogen-bond donors (Lipinski definition) is 1. The zero-order chi connectivity index (χ0) is 22.9. The van der Waals surface area contributed by atoms with Crippen LogP contribution in [0.2, 0.25) is 0 Å². The van der Waals surface area contributed by atoms with Crippen molar-refractivity contribution in [1.82, 2.24) is 4.31 Å². The number of halogens is 1. The Balaban J connectivity index is 1.96. The van der Waals surface area contributed by atoms with E-state index in [1.54, 1.807) is 60.7 Å². The van der Waals surface area contributed by atoms with Gasteiger partial charge in [0, 0.05) is 4.47 Å². The molecule has 0 fully saturated rings. The molecule has 5 nitrogen and oxygen atoms in total. The average molecular weight is 512 g/mol. The van der Waals surface area contributed by atoms with Crippen molar-refractivity contribution in [3.63, 3.8) is 0 Å². The van der Waals surface area contributed by atoms with E-state index in [1.165, 1.54) is 4.31 Å². The minimum Gasteiger partial charge on any atom is -0.478 e. The van der Waals surface area contributed by atoms with Gasteiger partial charge >= 0.3 is 5.97 Å². The molecule has 0 saturated carbocycles. The third-order valence-corrected chi connectivity index (χ3v) is 8.05. The molecule has 0 spiro atoms. The minimum atomic E-state index is -4.03. The summed E-state index contributed by atoms with van der Waals surface area (Å²) in [4.78, 5) is 12.3. The van der Waals surface area contributed by atoms with Crippen molar-refractivity contribution in [3.05, 3.63) is 112 Å². The maximum atomic E-state index is 14.0. The molecule has 1 N–H and O–H groups in total. The van der Waals surface area contributed by atoms with E-state index in [0.29, 0.717) is 5.56 Å². The molecular formula is C25H22BrNO4S. The summed E-state index contributed by atoms with van der Waals surface area (Å²) in [5, 5.41) is 9.97. The summed E-state index contributed by atoms with van der Waals surface area (Å²) in [5.74, 6) is -1.13. The van der Waals surface area contributed by atoms with Crippen LogP contribution in [0.5, 0.6) is 0 Å². The monoisotopic (exact) mass is 511 g/mol. The van der Waals surface area contributed by atoms with Crippen LogP contribution in [-0.4, -0.2) is 23.8 Å². The van der Waals surface area contributed by atoms with Gasteiger partial charge in [-0.05, 0) is 48.7 Å². The van der Waals surface area contributed by atoms with Crippen LogP contribution >= 0.6 is 15.9 Å². The van der Waals surface area contributed by atoms with Crippen LogP contribution in [0.4, 0.5) is 0 Å². The standard InChI is InChI=1S/C25H22BrNO4S/c1-17-7-9-18(10-8-17)23-16-15-22(25(28)29)24(19-11-13-20(26)14-12-19)27(23)32(30,31)21-5-3-2-4-6-21/h2-15,23-24H,16H2,1H3,(H,28,29)/t23-,24-/m0/s1. The fraction of sp³-hybridized carbons (Fsp3) is 0.160. The van der Waals surface area contributed by atoms with Gasteiger partial charge < -0.3 is 5.11 Å². The largest absolute Gasteiger partial charge is 0.478 e. The number of hydrogen-bond acceptors (Lipinski definition) is 3. The van der Waals surface area contributed by atoms with Gasteiger partial charge in [-0.15, -0.1) is 0 Å². The number of nitrogens with zero attached hydrogens (tertiary/aromatic N) is 1. The molecule has 2 atom stereocenters. The van der Waals surface area contributed by atoms with Gasteiger partial charge in [-0.1, -0.05) is 82.2 Å². The smallest absolute Gasteiger partial charge is 0.333 e. The first-order chi connectivity index (χ1) is 15.3. The number of sulfonamides is 1. The average Bonchev–Trinajstić information content (AvgIpc) is 2.79. The van der Waals surface area contributed by atoms with Crippen molar-refractivity contribution in [3.8, 4) is 0 Å². The zero-order valence-corrected chi connectivity index (χ0v) is 19.8. The van der Waals surface area contributed by atoms with Crippen LogP contribution in [0.3, 0.4) is 0 Å². The van der Waals surface area contributed by atoms with Crippen molar-refractivity contribution in [2.24, 2.45) is 0 Å². The van der Waals surface area contributed by atoms with Crippen molar-refractivity contribution >= 4 is 31.9 Å². The highest BCUT2D eigenvalue weighted by molar-refractivity contribution is 9.10. The highest BCUT2D eigenvalue weighted by Gasteiger charge is 2.44. The number of carbonyl (C=O) groups is 1. The first-order valence-electron chi connectivity index (χ1n) is 10.1. The molecule has 0 radical (unpaired) electrons. The van der Waals surface area contributed by atoms with Crippen LogP contribution in [0.25, 0.3) is 0 Å². The quantitative estimate of drug-likeness (QED) is 0.480. The lowest BCUT2D eigenvalue weighted by atomic mass is 9.89. The maximum Gasteiger partial charge on any atom is 0.333 e. The number of carboxylic acid groups (broad SMARTS) is 1. The van der Waals surface area contributed by atoms with Gasteiger partial charge in [0.2, 0.25) is 10.0 Å². The zero-order valence-electron chi connectivity index (χ0n) is 17.4. The molecule has 4 rings (SSSR count). The normalized spacial score (nSPS) is 19.4. The Morgan fingerprint density at radius 2 is 1.53 bits per heavy atom. The summed E-state index contributed by atoms with van der Waals surface area (Å²) < 4.78 is 30.1. The predicted molar refractivity (Wildman–Crippen MR) is 127 cm³/mol. The summed E-state index contributed by atoms with van der Waals surface area (Å²) in [5.41, 5.74) is 2.53. The number of benzene rings is 3. The molecule has 1 aliphatic heterocycles. The molecule has 3 aromatic rings. The van der Waals surface area contributed by atoms with Gasteiger partial charge in [-0.2, -0.15) is 4.31 Å². The number of aryl methyl sites for hydroxylation is 1. The Morgan fingerprint density at radius 1 is 0.938 bits per heavy atom. The van der Waals surface area contributed by atoms with E-state index in [2.05, 4.69) is 15.9 Å². The Labute approximate surface area is 196 Å². The molecule has 0 bridgehead atoms. The van der Waals surface area contributed by atoms with Crippen LogP contribution in [0, 0.1) is 6.92 Å². The summed E-state index contributed by atoms with van der Waals surface area (Å²) in [6.45, 7) is 1.97. The van der Waals surface area contributed by atoms with Gasteiger partial charge in [0.15, 0.2) is 0 Å². The highest BCUT2D eigenvalue weighted by Crippen LogP contribution is 2.45. The third-order valence-electron chi connectivity index (χ3n) is 5.63. The molecule has 32 heavy (non-hydrogen) atoms. The molecule has 0 amide bonds. The SMILES string of the molecule is Cc1ccc([C@@H]2CC=C(C(=O)O)[C@H](c3ccc(Br)cc3)N2S(=O)(=O)c2ccccc2)cc1. The van der Waals surface area contributed by atoms with Gasteiger partial charge in [-0.25, -0.2) is 13.2 Å². The van der Waals surface area contributed by atoms with Gasteiger partial charge in [-0.3, -0.25) is 0 Å². The maximum absolute atomic E-state index is 14.0. The summed E-state index contributed by atoms with van der Waals surface area (Å²) in [7, 11) is -4.03. The molecular weight excluding hydrogens is 490 g/mol. The second kappa shape index (κ2) is 9.02. The first-order valence-corrected chi connectivity index (χ1v) is 12.4. The number of aliphatic carboxylic acids is 1. The number of carboxylic acids is 1. The first kappa shape index (κ1) is 22.5. The van der Waals surface area contributed by atoms with Gasteiger partial charge in [0.05, 0.1) is 22.6 Å². The lowest BCUT2D eigenvalue weighted by Gasteiger charge is -2.40. The summed E-state index contributed by atoms with van der Waals surface area (Å²) in [6.07, 6.45) is 1.92. The second-order valence-corrected chi connectivity index (χ2v) is 10.5. The van der Waals surface area contributed by atoms with E-state index < -0.39 is 28.1 Å². The molecule has 0 unspecified atom stereocenters. The summed E-state index contributed by atoms with van der Waals surface area (Å²) in [6, 6.07) is 21.4. The van der Waals surface area contributed by atoms with E-state index in [9.17, 15) is 18.3 Å². The van der Waals surface area contributed by atoms with Crippen molar-refractivity contribution in [2.75, 3.05) is 0 Å². The highest BCUT2D eigenvalue weighted by atomic mass is 79.9. The summed E-state index contributed by atoms with van der Waals surface area (Å²) >= 11 is 3.40. The molecule has 0 saturated heterocycles. The van der Waals surface area contributed by atoms with Crippen LogP contribution in [0.1, 0.15) is 35.2 Å². The van der Waals surface area contributed by atoms with Gasteiger partial charge in [0.25, 0.3) is 0 Å². The Hall–Kier alpha value is -2.74. The van der Waals surface area contributed by atoms with Crippen molar-refractivity contribution in [1.29, 1.82) is 0 Å². The van der Waals surface area contributed by atoms with E-state index in [-0.39, 0.29) is 16.9 Å². The van der Waals surface area contributed by atoms with Crippen molar-refractivity contribution in [2.45, 2.75) is 30.3 Å². The molecule has 3 aromatic carbocycles. The second-order valence-electron chi connectivity index (χ2n) is 7.73. The van der Waals surface area contributed by atoms with Gasteiger partial charge in [0.1, 0.15) is 0 Å². The van der Waals surface area contributed by atoms with Crippen LogP contribution in [0.15, 0.2) is 99.9 Å². The Kier molecular flexibility index (Phi) is 6.33. The molecule has 0 aromatic heterocycles. The lowest BCUT2D eigenvalue weighted by molar-refractivity contribution is -0.133. The Morgan fingerprint density at radius 3 is 2.12 bits per heavy atom. The molecule has 7 heteroatoms. The topological polar surface area (TPSA) is 74.7 Å². The lowest BCUT2D eigenvalue weighted by Crippen LogP contribution is -2.42. The van der Waals surface area contributed by atoms with E-state index in [4.69, 9.17) is 0 Å². The van der Waals surface area contributed by atoms with Crippen molar-refractivity contribution < 1.29 is 18.3 Å².